The summed E-state index contributed by atoms with van der Waals surface area (Å²) >= 11 is 0. The van der Waals surface area contributed by atoms with Gasteiger partial charge in [0.25, 0.3) is 0 Å². The minimum absolute atomic E-state index is 0.178. The molecule has 0 heterocycles. The second kappa shape index (κ2) is 5.92. The van der Waals surface area contributed by atoms with Crippen LogP contribution in [0.3, 0.4) is 0 Å². The zero-order valence-corrected chi connectivity index (χ0v) is 10.8. The molecule has 5 heteroatoms. The van der Waals surface area contributed by atoms with Crippen LogP contribution in [0.5, 0.6) is 0 Å². The topological polar surface area (TPSA) is 60.4 Å². The highest BCUT2D eigenvalue weighted by molar-refractivity contribution is 7.37. The van der Waals surface area contributed by atoms with Gasteiger partial charge >= 0.3 is 8.32 Å². The summed E-state index contributed by atoms with van der Waals surface area (Å²) < 4.78 is 5.09. The minimum atomic E-state index is -3.50. The van der Waals surface area contributed by atoms with Crippen LogP contribution >= 0.6 is 0 Å². The molecule has 0 amide bonds. The molecule has 4 nitrogen and oxygen atoms in total. The lowest BCUT2D eigenvalue weighted by atomic mass is 10.5. The summed E-state index contributed by atoms with van der Waals surface area (Å²) in [6, 6.07) is 0. The third-order valence-corrected chi connectivity index (χ3v) is 6.48. The van der Waals surface area contributed by atoms with Gasteiger partial charge in [-0.1, -0.05) is 20.8 Å². The lowest BCUT2D eigenvalue weighted by molar-refractivity contribution is -0.122. The molecule has 0 bridgehead atoms. The SMILES string of the molecule is CCC(=O)[Si](OC)(C(=O)CC)C(=O)CC. The Morgan fingerprint density at radius 3 is 1.27 bits per heavy atom. The van der Waals surface area contributed by atoms with Crippen LogP contribution in [0.2, 0.25) is 0 Å². The minimum Gasteiger partial charge on any atom is -0.403 e. The smallest absolute Gasteiger partial charge is 0.401 e. The highest BCUT2D eigenvalue weighted by Crippen LogP contribution is 2.15. The predicted octanol–water partition coefficient (Wildman–Crippen LogP) is 1.13. The Bertz CT molecular complexity index is 232. The van der Waals surface area contributed by atoms with Crippen LogP contribution in [0, 0.1) is 0 Å². The summed E-state index contributed by atoms with van der Waals surface area (Å²) in [4.78, 5) is 35.3. The first kappa shape index (κ1) is 14.2. The van der Waals surface area contributed by atoms with Crippen LogP contribution in [0.1, 0.15) is 40.0 Å². The van der Waals surface area contributed by atoms with Gasteiger partial charge in [0, 0.05) is 26.4 Å². The molecular formula is C10H18O4Si. The van der Waals surface area contributed by atoms with Crippen LogP contribution in [-0.2, 0) is 18.8 Å². The van der Waals surface area contributed by atoms with Gasteiger partial charge in [0.05, 0.1) is 0 Å². The molecule has 0 fully saturated rings. The van der Waals surface area contributed by atoms with E-state index in [1.807, 2.05) is 0 Å². The fourth-order valence-corrected chi connectivity index (χ4v) is 4.66. The molecule has 0 unspecified atom stereocenters. The van der Waals surface area contributed by atoms with Crippen molar-refractivity contribution in [3.05, 3.63) is 0 Å². The van der Waals surface area contributed by atoms with E-state index < -0.39 is 8.32 Å². The summed E-state index contributed by atoms with van der Waals surface area (Å²) in [6.45, 7) is 4.94. The van der Waals surface area contributed by atoms with Crippen LogP contribution in [0.25, 0.3) is 0 Å². The van der Waals surface area contributed by atoms with Gasteiger partial charge in [-0.2, -0.15) is 0 Å². The lowest BCUT2D eigenvalue weighted by Crippen LogP contribution is -2.61. The van der Waals surface area contributed by atoms with Crippen molar-refractivity contribution >= 4 is 24.5 Å². The van der Waals surface area contributed by atoms with Crippen molar-refractivity contribution in [2.45, 2.75) is 40.0 Å². The molecule has 0 radical (unpaired) electrons. The van der Waals surface area contributed by atoms with Crippen molar-refractivity contribution < 1.29 is 18.8 Å². The molecule has 86 valence electrons. The molecule has 0 aliphatic carbocycles. The molecule has 0 N–H and O–H groups in total. The van der Waals surface area contributed by atoms with E-state index in [0.717, 1.165) is 0 Å². The highest BCUT2D eigenvalue weighted by atomic mass is 28.4. The van der Waals surface area contributed by atoms with E-state index in [2.05, 4.69) is 0 Å². The third-order valence-electron chi connectivity index (χ3n) is 2.45. The largest absolute Gasteiger partial charge is 0.403 e. The quantitative estimate of drug-likeness (QED) is 0.615. The van der Waals surface area contributed by atoms with E-state index in [1.165, 1.54) is 7.11 Å². The van der Waals surface area contributed by atoms with Crippen LogP contribution in [0.4, 0.5) is 0 Å². The number of rotatable bonds is 7. The van der Waals surface area contributed by atoms with Gasteiger partial charge in [0.1, 0.15) is 0 Å². The second-order valence-electron chi connectivity index (χ2n) is 3.22. The van der Waals surface area contributed by atoms with Gasteiger partial charge in [0.15, 0.2) is 16.2 Å². The summed E-state index contributed by atoms with van der Waals surface area (Å²) in [5.74, 6) is 0. The normalized spacial score (nSPS) is 11.2. The van der Waals surface area contributed by atoms with Crippen molar-refractivity contribution in [1.29, 1.82) is 0 Å². The molecule has 0 atom stereocenters. The Labute approximate surface area is 91.1 Å². The third kappa shape index (κ3) is 2.41. The van der Waals surface area contributed by atoms with Gasteiger partial charge in [-0.25, -0.2) is 0 Å². The molecule has 0 spiro atoms. The second-order valence-corrected chi connectivity index (χ2v) is 6.66. The average molecular weight is 230 g/mol. The van der Waals surface area contributed by atoms with Gasteiger partial charge in [-0.3, -0.25) is 0 Å². The zero-order valence-electron chi connectivity index (χ0n) is 9.75. The standard InChI is InChI=1S/C10H18O4Si/c1-5-8(11)15(14-4,9(12)6-2)10(13)7-3/h5-7H2,1-4H3. The molecular weight excluding hydrogens is 212 g/mol. The van der Waals surface area contributed by atoms with Crippen molar-refractivity contribution in [2.24, 2.45) is 0 Å². The Hall–Kier alpha value is -0.813. The Balaban J connectivity index is 5.39. The lowest BCUT2D eigenvalue weighted by Gasteiger charge is -2.23. The van der Waals surface area contributed by atoms with Crippen molar-refractivity contribution in [3.8, 4) is 0 Å². The van der Waals surface area contributed by atoms with Crippen molar-refractivity contribution in [2.75, 3.05) is 7.11 Å². The molecule has 0 aromatic carbocycles. The van der Waals surface area contributed by atoms with Crippen molar-refractivity contribution in [1.82, 2.24) is 0 Å². The number of carbonyl (C=O) groups is 3. The summed E-state index contributed by atoms with van der Waals surface area (Å²) in [5, 5.41) is -0.948. The van der Waals surface area contributed by atoms with E-state index in [1.54, 1.807) is 20.8 Å². The fraction of sp³-hybridized carbons (Fsp3) is 0.700. The van der Waals surface area contributed by atoms with Gasteiger partial charge in [-0.05, 0) is 0 Å². The summed E-state index contributed by atoms with van der Waals surface area (Å²) in [6.07, 6.45) is 0.534. The molecule has 0 aromatic heterocycles. The van der Waals surface area contributed by atoms with Crippen LogP contribution in [0.15, 0.2) is 0 Å². The predicted molar refractivity (Wildman–Crippen MR) is 58.7 cm³/mol. The van der Waals surface area contributed by atoms with Gasteiger partial charge in [0.2, 0.25) is 0 Å². The Morgan fingerprint density at radius 1 is 0.867 bits per heavy atom. The van der Waals surface area contributed by atoms with E-state index in [-0.39, 0.29) is 35.5 Å². The molecule has 0 rings (SSSR count). The number of carbonyl (C=O) groups excluding carboxylic acids is 3. The van der Waals surface area contributed by atoms with E-state index in [0.29, 0.717) is 0 Å². The van der Waals surface area contributed by atoms with Crippen LogP contribution < -0.4 is 0 Å². The first-order valence-electron chi connectivity index (χ1n) is 5.16. The first-order chi connectivity index (χ1) is 7.00. The fourth-order valence-electron chi connectivity index (χ4n) is 1.55. The Morgan fingerprint density at radius 2 is 1.13 bits per heavy atom. The van der Waals surface area contributed by atoms with Crippen LogP contribution in [-0.4, -0.2) is 31.6 Å². The number of hydrogen-bond acceptors (Lipinski definition) is 4. The summed E-state index contributed by atoms with van der Waals surface area (Å²) in [5.41, 5.74) is 0. The van der Waals surface area contributed by atoms with E-state index in [9.17, 15) is 14.4 Å². The maximum atomic E-state index is 11.8. The van der Waals surface area contributed by atoms with E-state index >= 15 is 0 Å². The average Bonchev–Trinajstić information content (AvgIpc) is 2.29. The Kier molecular flexibility index (Phi) is 5.60. The van der Waals surface area contributed by atoms with Crippen molar-refractivity contribution in [3.63, 3.8) is 0 Å². The zero-order chi connectivity index (χ0) is 12.1. The van der Waals surface area contributed by atoms with Gasteiger partial charge in [-0.15, -0.1) is 0 Å². The van der Waals surface area contributed by atoms with Gasteiger partial charge < -0.3 is 18.8 Å². The molecule has 15 heavy (non-hydrogen) atoms. The highest BCUT2D eigenvalue weighted by Gasteiger charge is 2.54. The molecule has 0 aromatic rings. The number of hydrogen-bond donors (Lipinski definition) is 0. The summed E-state index contributed by atoms with van der Waals surface area (Å²) in [7, 11) is -2.20. The first-order valence-corrected chi connectivity index (χ1v) is 7.06. The molecule has 0 saturated carbocycles. The maximum absolute atomic E-state index is 11.8. The van der Waals surface area contributed by atoms with E-state index in [4.69, 9.17) is 4.43 Å². The maximum Gasteiger partial charge on any atom is 0.401 e. The molecule has 0 saturated heterocycles. The molecule has 0 aliphatic heterocycles. The molecule has 0 aliphatic rings. The monoisotopic (exact) mass is 230 g/mol.